The molecule has 2 aliphatic heterocycles. The van der Waals surface area contributed by atoms with Crippen LogP contribution in [0.15, 0.2) is 23.3 Å². The summed E-state index contributed by atoms with van der Waals surface area (Å²) >= 11 is 0. The molecule has 0 unspecified atom stereocenters. The summed E-state index contributed by atoms with van der Waals surface area (Å²) in [5.41, 5.74) is 2.96. The molecular formula is C12H11N3O4. The quantitative estimate of drug-likeness (QED) is 0.799. The number of rotatable bonds is 2. The van der Waals surface area contributed by atoms with Gasteiger partial charge in [-0.15, -0.1) is 0 Å². The van der Waals surface area contributed by atoms with Gasteiger partial charge in [-0.1, -0.05) is 0 Å². The summed E-state index contributed by atoms with van der Waals surface area (Å²) < 4.78 is 10.8. The highest BCUT2D eigenvalue weighted by Crippen LogP contribution is 2.32. The first kappa shape index (κ1) is 11.5. The van der Waals surface area contributed by atoms with Crippen molar-refractivity contribution in [2.75, 3.05) is 18.5 Å². The SMILES string of the molecule is O=C1CC(C(=O)Nc2ccc3c(c2)OCCO3)=NN1. The lowest BCUT2D eigenvalue weighted by Gasteiger charge is -2.18. The van der Waals surface area contributed by atoms with E-state index < -0.39 is 5.91 Å². The highest BCUT2D eigenvalue weighted by Gasteiger charge is 2.22. The molecular weight excluding hydrogens is 250 g/mol. The molecule has 2 N–H and O–H groups in total. The number of carbonyl (C=O) groups is 2. The molecule has 0 aromatic heterocycles. The Morgan fingerprint density at radius 3 is 2.79 bits per heavy atom. The molecule has 2 heterocycles. The smallest absolute Gasteiger partial charge is 0.272 e. The van der Waals surface area contributed by atoms with Gasteiger partial charge in [0.2, 0.25) is 5.91 Å². The molecule has 98 valence electrons. The molecule has 0 bridgehead atoms. The summed E-state index contributed by atoms with van der Waals surface area (Å²) in [5.74, 6) is 0.549. The molecule has 0 saturated carbocycles. The standard InChI is InChI=1S/C12H11N3O4/c16-11-6-8(14-15-11)12(17)13-7-1-2-9-10(5-7)19-4-3-18-9/h1-2,5H,3-4,6H2,(H,13,17)(H,15,16). The molecule has 7 nitrogen and oxygen atoms in total. The Bertz CT molecular complexity index is 582. The number of amides is 2. The maximum Gasteiger partial charge on any atom is 0.272 e. The van der Waals surface area contributed by atoms with Gasteiger partial charge in [0, 0.05) is 11.8 Å². The van der Waals surface area contributed by atoms with E-state index in [4.69, 9.17) is 9.47 Å². The normalized spacial score (nSPS) is 16.6. The zero-order chi connectivity index (χ0) is 13.2. The average Bonchev–Trinajstić information content (AvgIpc) is 2.85. The number of benzene rings is 1. The summed E-state index contributed by atoms with van der Waals surface area (Å²) in [4.78, 5) is 22.8. The lowest BCUT2D eigenvalue weighted by molar-refractivity contribution is -0.119. The number of nitrogens with zero attached hydrogens (tertiary/aromatic N) is 1. The third-order valence-corrected chi connectivity index (χ3v) is 2.71. The van der Waals surface area contributed by atoms with E-state index in [0.29, 0.717) is 30.4 Å². The van der Waals surface area contributed by atoms with E-state index in [9.17, 15) is 9.59 Å². The van der Waals surface area contributed by atoms with Gasteiger partial charge in [0.15, 0.2) is 11.5 Å². The first-order chi connectivity index (χ1) is 9.22. The Kier molecular flexibility index (Phi) is 2.79. The van der Waals surface area contributed by atoms with E-state index in [2.05, 4.69) is 15.8 Å². The number of fused-ring (bicyclic) bond motifs is 1. The van der Waals surface area contributed by atoms with Crippen molar-refractivity contribution < 1.29 is 19.1 Å². The second kappa shape index (κ2) is 4.60. The maximum absolute atomic E-state index is 11.8. The van der Waals surface area contributed by atoms with E-state index in [1.807, 2.05) is 0 Å². The Morgan fingerprint density at radius 2 is 2.05 bits per heavy atom. The number of carbonyl (C=O) groups excluding carboxylic acids is 2. The van der Waals surface area contributed by atoms with Crippen LogP contribution in [0, 0.1) is 0 Å². The number of hydrogen-bond acceptors (Lipinski definition) is 5. The molecule has 0 aliphatic carbocycles. The van der Waals surface area contributed by atoms with Gasteiger partial charge in [0.25, 0.3) is 5.91 Å². The van der Waals surface area contributed by atoms with Crippen molar-refractivity contribution in [1.29, 1.82) is 0 Å². The largest absolute Gasteiger partial charge is 0.486 e. The van der Waals surface area contributed by atoms with Gasteiger partial charge in [-0.2, -0.15) is 5.10 Å². The van der Waals surface area contributed by atoms with Crippen molar-refractivity contribution in [2.45, 2.75) is 6.42 Å². The van der Waals surface area contributed by atoms with Crippen LogP contribution in [0.2, 0.25) is 0 Å². The van der Waals surface area contributed by atoms with Crippen molar-refractivity contribution in [2.24, 2.45) is 5.10 Å². The summed E-state index contributed by atoms with van der Waals surface area (Å²) in [6.07, 6.45) is -0.00359. The number of anilines is 1. The van der Waals surface area contributed by atoms with Gasteiger partial charge in [-0.05, 0) is 12.1 Å². The van der Waals surface area contributed by atoms with Crippen molar-refractivity contribution >= 4 is 23.2 Å². The lowest BCUT2D eigenvalue weighted by Crippen LogP contribution is -2.22. The Labute approximate surface area is 108 Å². The van der Waals surface area contributed by atoms with Crippen LogP contribution >= 0.6 is 0 Å². The molecule has 2 amide bonds. The van der Waals surface area contributed by atoms with Gasteiger partial charge < -0.3 is 14.8 Å². The summed E-state index contributed by atoms with van der Waals surface area (Å²) in [7, 11) is 0. The maximum atomic E-state index is 11.8. The highest BCUT2D eigenvalue weighted by atomic mass is 16.6. The minimum atomic E-state index is -0.407. The number of ether oxygens (including phenoxy) is 2. The van der Waals surface area contributed by atoms with Gasteiger partial charge in [-0.3, -0.25) is 9.59 Å². The van der Waals surface area contributed by atoms with Gasteiger partial charge in [0.05, 0.1) is 6.42 Å². The zero-order valence-corrected chi connectivity index (χ0v) is 9.93. The van der Waals surface area contributed by atoms with Crippen LogP contribution in [-0.2, 0) is 9.59 Å². The van der Waals surface area contributed by atoms with Gasteiger partial charge in [0.1, 0.15) is 18.9 Å². The van der Waals surface area contributed by atoms with Crippen molar-refractivity contribution in [3.05, 3.63) is 18.2 Å². The van der Waals surface area contributed by atoms with E-state index >= 15 is 0 Å². The molecule has 0 saturated heterocycles. The molecule has 0 fully saturated rings. The molecule has 0 radical (unpaired) electrons. The second-order valence-corrected chi connectivity index (χ2v) is 4.08. The molecule has 1 aromatic rings. The molecule has 7 heteroatoms. The number of nitrogens with one attached hydrogen (secondary N) is 2. The molecule has 0 atom stereocenters. The molecule has 19 heavy (non-hydrogen) atoms. The van der Waals surface area contributed by atoms with Crippen LogP contribution in [-0.4, -0.2) is 30.7 Å². The fourth-order valence-electron chi connectivity index (χ4n) is 1.82. The topological polar surface area (TPSA) is 89.0 Å². The Balaban J connectivity index is 1.73. The van der Waals surface area contributed by atoms with Crippen molar-refractivity contribution in [1.82, 2.24) is 5.43 Å². The third-order valence-electron chi connectivity index (χ3n) is 2.71. The van der Waals surface area contributed by atoms with Crippen molar-refractivity contribution in [3.63, 3.8) is 0 Å². The van der Waals surface area contributed by atoms with Gasteiger partial charge in [-0.25, -0.2) is 5.43 Å². The molecule has 2 aliphatic rings. The van der Waals surface area contributed by atoms with E-state index in [-0.39, 0.29) is 18.0 Å². The predicted molar refractivity (Wildman–Crippen MR) is 66.3 cm³/mol. The summed E-state index contributed by atoms with van der Waals surface area (Å²) in [6, 6.07) is 5.11. The zero-order valence-electron chi connectivity index (χ0n) is 9.93. The number of hydrogen-bond donors (Lipinski definition) is 2. The summed E-state index contributed by atoms with van der Waals surface area (Å²) in [5, 5.41) is 6.31. The molecule has 0 spiro atoms. The van der Waals surface area contributed by atoms with Crippen LogP contribution in [0.5, 0.6) is 11.5 Å². The molecule has 1 aromatic carbocycles. The van der Waals surface area contributed by atoms with E-state index in [1.165, 1.54) is 0 Å². The fraction of sp³-hybridized carbons (Fsp3) is 0.250. The fourth-order valence-corrected chi connectivity index (χ4v) is 1.82. The van der Waals surface area contributed by atoms with Gasteiger partial charge >= 0.3 is 0 Å². The van der Waals surface area contributed by atoms with Crippen molar-refractivity contribution in [3.8, 4) is 11.5 Å². The van der Waals surface area contributed by atoms with Crippen LogP contribution < -0.4 is 20.2 Å². The first-order valence-electron chi connectivity index (χ1n) is 5.79. The van der Waals surface area contributed by atoms with Crippen LogP contribution in [0.3, 0.4) is 0 Å². The molecule has 3 rings (SSSR count). The van der Waals surface area contributed by atoms with Crippen LogP contribution in [0.4, 0.5) is 5.69 Å². The minimum Gasteiger partial charge on any atom is -0.486 e. The van der Waals surface area contributed by atoms with E-state index in [1.54, 1.807) is 18.2 Å². The second-order valence-electron chi connectivity index (χ2n) is 4.08. The lowest BCUT2D eigenvalue weighted by atomic mass is 10.2. The minimum absolute atomic E-state index is 0.00359. The first-order valence-corrected chi connectivity index (χ1v) is 5.79. The van der Waals surface area contributed by atoms with E-state index in [0.717, 1.165) is 0 Å². The Morgan fingerprint density at radius 1 is 1.26 bits per heavy atom. The predicted octanol–water partition coefficient (Wildman–Crippen LogP) is 0.272. The average molecular weight is 261 g/mol. The summed E-state index contributed by atoms with van der Waals surface area (Å²) in [6.45, 7) is 0.999. The monoisotopic (exact) mass is 261 g/mol. The Hall–Kier alpha value is -2.57. The van der Waals surface area contributed by atoms with Crippen LogP contribution in [0.1, 0.15) is 6.42 Å². The number of hydrazone groups is 1. The third kappa shape index (κ3) is 2.35. The highest BCUT2D eigenvalue weighted by molar-refractivity contribution is 6.46. The van der Waals surface area contributed by atoms with Crippen LogP contribution in [0.25, 0.3) is 0 Å².